The third kappa shape index (κ3) is 3.53. The van der Waals surface area contributed by atoms with Gasteiger partial charge < -0.3 is 14.0 Å². The molecule has 0 saturated heterocycles. The van der Waals surface area contributed by atoms with E-state index in [0.29, 0.717) is 17.4 Å². The van der Waals surface area contributed by atoms with Crippen molar-refractivity contribution >= 4 is 27.8 Å². The quantitative estimate of drug-likeness (QED) is 0.176. The molecule has 0 unspecified atom stereocenters. The van der Waals surface area contributed by atoms with Crippen LogP contribution in [0.2, 0.25) is 0 Å². The van der Waals surface area contributed by atoms with Crippen LogP contribution < -0.4 is 4.74 Å². The first-order valence-electron chi connectivity index (χ1n) is 14.0. The summed E-state index contributed by atoms with van der Waals surface area (Å²) in [6, 6.07) is 36.2. The molecule has 0 saturated carbocycles. The maximum Gasteiger partial charge on any atom is 2.00 e. The van der Waals surface area contributed by atoms with E-state index in [1.165, 1.54) is 33.2 Å². The van der Waals surface area contributed by atoms with E-state index in [1.54, 1.807) is 0 Å². The first-order chi connectivity index (χ1) is 20.1. The number of rotatable bonds is 3. The molecule has 2 atom stereocenters. The molecule has 206 valence electrons. The van der Waals surface area contributed by atoms with Crippen molar-refractivity contribution in [3.8, 4) is 17.2 Å². The SMILES string of the molecule is CC1(C)c2ccc(Oc3[c-]c(C4=N[C@H]5c6ccccc6C[C@H]5O4)ccc3)[c-]c2-n2c3ncccc3c3cccc1c32.[Pt+2]. The Labute approximate surface area is 258 Å². The van der Waals surface area contributed by atoms with Crippen molar-refractivity contribution in [1.82, 2.24) is 9.55 Å². The number of para-hydroxylation sites is 1. The first-order valence-corrected chi connectivity index (χ1v) is 14.0. The average Bonchev–Trinajstić information content (AvgIpc) is 3.66. The molecule has 4 aromatic carbocycles. The van der Waals surface area contributed by atoms with Gasteiger partial charge in [0.15, 0.2) is 0 Å². The van der Waals surface area contributed by atoms with Crippen molar-refractivity contribution in [3.63, 3.8) is 0 Å². The number of aromatic nitrogens is 2. The number of ether oxygens (including phenoxy) is 2. The van der Waals surface area contributed by atoms with Gasteiger partial charge in [-0.25, -0.2) is 4.98 Å². The number of pyridine rings is 1. The van der Waals surface area contributed by atoms with Crippen LogP contribution in [0, 0.1) is 12.1 Å². The van der Waals surface area contributed by atoms with Gasteiger partial charge in [0.2, 0.25) is 0 Å². The van der Waals surface area contributed by atoms with Crippen molar-refractivity contribution in [1.29, 1.82) is 0 Å². The first kappa shape index (κ1) is 25.5. The molecule has 4 heterocycles. The summed E-state index contributed by atoms with van der Waals surface area (Å²) in [7, 11) is 0. The molecular weight excluding hydrogens is 701 g/mol. The minimum Gasteiger partial charge on any atom is -0.514 e. The van der Waals surface area contributed by atoms with E-state index < -0.39 is 0 Å². The average molecular weight is 727 g/mol. The monoisotopic (exact) mass is 726 g/mol. The van der Waals surface area contributed by atoms with Gasteiger partial charge in [-0.2, -0.15) is 6.07 Å². The number of aliphatic imine (C=N–C) groups is 1. The number of hydrogen-bond acceptors (Lipinski definition) is 4. The summed E-state index contributed by atoms with van der Waals surface area (Å²) in [5.41, 5.74) is 8.73. The van der Waals surface area contributed by atoms with Gasteiger partial charge in [-0.05, 0) is 34.2 Å². The van der Waals surface area contributed by atoms with Gasteiger partial charge in [-0.3, -0.25) is 4.99 Å². The van der Waals surface area contributed by atoms with Crippen LogP contribution in [-0.4, -0.2) is 21.6 Å². The van der Waals surface area contributed by atoms with Crippen LogP contribution in [0.15, 0.2) is 96.1 Å². The fraction of sp³-hybridized carbons (Fsp3) is 0.167. The zero-order valence-corrected chi connectivity index (χ0v) is 25.3. The molecule has 1 aliphatic carbocycles. The van der Waals surface area contributed by atoms with Crippen LogP contribution in [-0.2, 0) is 37.6 Å². The fourth-order valence-electron chi connectivity index (χ4n) is 6.94. The predicted molar refractivity (Wildman–Crippen MR) is 159 cm³/mol. The smallest absolute Gasteiger partial charge is 0.514 e. The summed E-state index contributed by atoms with van der Waals surface area (Å²) in [5.74, 6) is 1.84. The third-order valence-corrected chi connectivity index (χ3v) is 8.90. The number of hydrogen-bond donors (Lipinski definition) is 0. The molecule has 2 aromatic heterocycles. The molecule has 3 aliphatic rings. The fourth-order valence-corrected chi connectivity index (χ4v) is 6.94. The summed E-state index contributed by atoms with van der Waals surface area (Å²) >= 11 is 0. The summed E-state index contributed by atoms with van der Waals surface area (Å²) in [6.07, 6.45) is 2.78. The molecule has 0 bridgehead atoms. The Balaban J connectivity index is 0.00000267. The Hall–Kier alpha value is -4.21. The molecule has 0 spiro atoms. The van der Waals surface area contributed by atoms with Gasteiger partial charge in [0.1, 0.15) is 23.7 Å². The van der Waals surface area contributed by atoms with E-state index in [-0.39, 0.29) is 38.6 Å². The number of fused-ring (bicyclic) bond motifs is 8. The molecule has 0 radical (unpaired) electrons. The number of nitrogens with zero attached hydrogens (tertiary/aromatic N) is 3. The Morgan fingerprint density at radius 2 is 1.69 bits per heavy atom. The van der Waals surface area contributed by atoms with Crippen molar-refractivity contribution in [2.45, 2.75) is 37.8 Å². The Morgan fingerprint density at radius 3 is 2.62 bits per heavy atom. The van der Waals surface area contributed by atoms with Crippen molar-refractivity contribution in [2.24, 2.45) is 4.99 Å². The standard InChI is InChI=1S/C36H25N3O2.Pt/c1-36(2)28-16-15-24(20-30(28)39-33-26(12-6-14-29(33)36)27-13-7-17-37-34(27)39)40-23-10-5-9-22(18-23)35-38-32-25-11-4-3-8-21(25)19-31(32)41-35;/h3-17,31-32H,19H2,1-2H3;/q-2;+2/t31-,32+;/m1./s1. The second kappa shape index (κ2) is 9.14. The zero-order valence-electron chi connectivity index (χ0n) is 23.0. The predicted octanol–water partition coefficient (Wildman–Crippen LogP) is 7.65. The van der Waals surface area contributed by atoms with E-state index in [4.69, 9.17) is 19.5 Å². The second-order valence-electron chi connectivity index (χ2n) is 11.6. The van der Waals surface area contributed by atoms with Crippen molar-refractivity contribution in [3.05, 3.63) is 131 Å². The minimum absolute atomic E-state index is 0. The topological polar surface area (TPSA) is 48.6 Å². The molecule has 0 fully saturated rings. The minimum atomic E-state index is -0.199. The van der Waals surface area contributed by atoms with E-state index in [0.717, 1.165) is 28.7 Å². The Kier molecular flexibility index (Phi) is 5.55. The maximum atomic E-state index is 6.38. The van der Waals surface area contributed by atoms with Crippen LogP contribution in [0.5, 0.6) is 11.5 Å². The molecular formula is C36H25N3O2Pt. The molecule has 2 aliphatic heterocycles. The normalized spacial score (nSPS) is 19.0. The van der Waals surface area contributed by atoms with Crippen LogP contribution in [0.1, 0.15) is 47.7 Å². The van der Waals surface area contributed by atoms with Crippen molar-refractivity contribution in [2.75, 3.05) is 0 Å². The molecule has 6 heteroatoms. The number of benzene rings is 4. The molecule has 5 nitrogen and oxygen atoms in total. The summed E-state index contributed by atoms with van der Waals surface area (Å²) in [5, 5.41) is 2.34. The van der Waals surface area contributed by atoms with E-state index >= 15 is 0 Å². The zero-order chi connectivity index (χ0) is 27.3. The van der Waals surface area contributed by atoms with Crippen LogP contribution in [0.25, 0.3) is 27.6 Å². The van der Waals surface area contributed by atoms with Crippen LogP contribution >= 0.6 is 0 Å². The van der Waals surface area contributed by atoms with E-state index in [1.807, 2.05) is 36.5 Å². The third-order valence-electron chi connectivity index (χ3n) is 8.90. The molecule has 6 aromatic rings. The molecule has 9 rings (SSSR count). The molecule has 0 N–H and O–H groups in total. The van der Waals surface area contributed by atoms with Gasteiger partial charge in [-0.15, -0.1) is 35.9 Å². The molecule has 0 amide bonds. The summed E-state index contributed by atoms with van der Waals surface area (Å²) < 4.78 is 14.9. The van der Waals surface area contributed by atoms with Crippen LogP contribution in [0.4, 0.5) is 0 Å². The second-order valence-corrected chi connectivity index (χ2v) is 11.6. The van der Waals surface area contributed by atoms with E-state index in [9.17, 15) is 0 Å². The van der Waals surface area contributed by atoms with Crippen LogP contribution in [0.3, 0.4) is 0 Å². The Bertz CT molecular complexity index is 2090. The van der Waals surface area contributed by atoms with E-state index in [2.05, 4.69) is 85.1 Å². The van der Waals surface area contributed by atoms with Gasteiger partial charge >= 0.3 is 21.1 Å². The van der Waals surface area contributed by atoms with Crippen molar-refractivity contribution < 1.29 is 30.5 Å². The largest absolute Gasteiger partial charge is 2.00 e. The maximum absolute atomic E-state index is 6.38. The van der Waals surface area contributed by atoms with Gasteiger partial charge in [-0.1, -0.05) is 73.6 Å². The Morgan fingerprint density at radius 1 is 0.857 bits per heavy atom. The van der Waals surface area contributed by atoms with Gasteiger partial charge in [0.05, 0.1) is 5.52 Å². The van der Waals surface area contributed by atoms with Gasteiger partial charge in [0.25, 0.3) is 0 Å². The van der Waals surface area contributed by atoms with Gasteiger partial charge in [0, 0.05) is 34.9 Å². The summed E-state index contributed by atoms with van der Waals surface area (Å²) in [4.78, 5) is 9.73. The summed E-state index contributed by atoms with van der Waals surface area (Å²) in [6.45, 7) is 4.55. The molecule has 42 heavy (non-hydrogen) atoms.